The van der Waals surface area contributed by atoms with Crippen molar-refractivity contribution in [1.82, 2.24) is 4.98 Å². The van der Waals surface area contributed by atoms with Crippen LogP contribution in [0.15, 0.2) is 42.6 Å². The van der Waals surface area contributed by atoms with Crippen LogP contribution in [0.1, 0.15) is 22.8 Å². The van der Waals surface area contributed by atoms with Gasteiger partial charge in [-0.2, -0.15) is 0 Å². The number of aliphatic hydroxyl groups is 1. The number of benzene rings is 1. The predicted octanol–water partition coefficient (Wildman–Crippen LogP) is 2.57. The van der Waals surface area contributed by atoms with Crippen molar-refractivity contribution in [3.05, 3.63) is 53.7 Å². The number of aliphatic hydroxyl groups excluding tert-OH is 1. The van der Waals surface area contributed by atoms with Crippen molar-refractivity contribution in [3.63, 3.8) is 0 Å². The molecule has 2 aromatic rings. The monoisotopic (exact) mass is 243 g/mol. The molecular formula is C14H13NO3. The summed E-state index contributed by atoms with van der Waals surface area (Å²) in [6, 6.07) is 10.3. The Bertz CT molecular complexity index is 549. The zero-order valence-electron chi connectivity index (χ0n) is 9.96. The van der Waals surface area contributed by atoms with Gasteiger partial charge in [-0.15, -0.1) is 0 Å². The molecular weight excluding hydrogens is 230 g/mol. The van der Waals surface area contributed by atoms with Crippen molar-refractivity contribution >= 4 is 5.78 Å². The molecule has 1 heterocycles. The van der Waals surface area contributed by atoms with Gasteiger partial charge >= 0.3 is 0 Å². The molecule has 0 spiro atoms. The van der Waals surface area contributed by atoms with Crippen molar-refractivity contribution in [2.75, 3.05) is 0 Å². The zero-order valence-corrected chi connectivity index (χ0v) is 9.96. The largest absolute Gasteiger partial charge is 0.439 e. The molecule has 0 saturated carbocycles. The highest BCUT2D eigenvalue weighted by Gasteiger charge is 2.03. The van der Waals surface area contributed by atoms with Gasteiger partial charge in [-0.05, 0) is 30.7 Å². The molecule has 1 aromatic carbocycles. The molecule has 0 atom stereocenters. The Morgan fingerprint density at radius 2 is 2.00 bits per heavy atom. The molecule has 2 rings (SSSR count). The average molecular weight is 243 g/mol. The maximum Gasteiger partial charge on any atom is 0.219 e. The van der Waals surface area contributed by atoms with E-state index in [2.05, 4.69) is 4.98 Å². The quantitative estimate of drug-likeness (QED) is 0.838. The van der Waals surface area contributed by atoms with Crippen LogP contribution in [0.25, 0.3) is 0 Å². The lowest BCUT2D eigenvalue weighted by Crippen LogP contribution is -1.95. The molecule has 0 aliphatic carbocycles. The van der Waals surface area contributed by atoms with Crippen LogP contribution in [-0.2, 0) is 6.61 Å². The van der Waals surface area contributed by atoms with Crippen molar-refractivity contribution in [3.8, 4) is 11.6 Å². The third kappa shape index (κ3) is 2.93. The van der Waals surface area contributed by atoms with Gasteiger partial charge in [0, 0.05) is 17.8 Å². The standard InChI is InChI=1S/C14H13NO3/c1-10(17)12-6-7-15-14(8-12)18-13-4-2-11(9-16)3-5-13/h2-8,16H,9H2,1H3. The van der Waals surface area contributed by atoms with Crippen LogP contribution in [-0.4, -0.2) is 15.9 Å². The molecule has 0 radical (unpaired) electrons. The van der Waals surface area contributed by atoms with E-state index in [1.807, 2.05) is 0 Å². The van der Waals surface area contributed by atoms with Gasteiger partial charge in [-0.1, -0.05) is 12.1 Å². The SMILES string of the molecule is CC(=O)c1ccnc(Oc2ccc(CO)cc2)c1. The van der Waals surface area contributed by atoms with E-state index < -0.39 is 0 Å². The van der Waals surface area contributed by atoms with Gasteiger partial charge in [-0.25, -0.2) is 4.98 Å². The molecule has 0 aliphatic heterocycles. The second kappa shape index (κ2) is 5.42. The van der Waals surface area contributed by atoms with E-state index in [4.69, 9.17) is 9.84 Å². The predicted molar refractivity (Wildman–Crippen MR) is 66.7 cm³/mol. The zero-order chi connectivity index (χ0) is 13.0. The van der Waals surface area contributed by atoms with E-state index >= 15 is 0 Å². The second-order valence-electron chi connectivity index (χ2n) is 3.84. The van der Waals surface area contributed by atoms with Gasteiger partial charge in [-0.3, -0.25) is 4.79 Å². The van der Waals surface area contributed by atoms with Gasteiger partial charge in [0.15, 0.2) is 5.78 Å². The number of hydrogen-bond donors (Lipinski definition) is 1. The Morgan fingerprint density at radius 3 is 2.61 bits per heavy atom. The van der Waals surface area contributed by atoms with Crippen LogP contribution in [0.5, 0.6) is 11.6 Å². The van der Waals surface area contributed by atoms with E-state index in [9.17, 15) is 4.79 Å². The average Bonchev–Trinajstić information content (AvgIpc) is 2.40. The maximum absolute atomic E-state index is 11.2. The summed E-state index contributed by atoms with van der Waals surface area (Å²) in [5.74, 6) is 0.956. The van der Waals surface area contributed by atoms with Crippen LogP contribution in [0.2, 0.25) is 0 Å². The Labute approximate surface area is 105 Å². The number of carbonyl (C=O) groups is 1. The third-order valence-corrected chi connectivity index (χ3v) is 2.47. The topological polar surface area (TPSA) is 59.4 Å². The molecule has 4 heteroatoms. The minimum absolute atomic E-state index is 0.00164. The van der Waals surface area contributed by atoms with Gasteiger partial charge in [0.2, 0.25) is 5.88 Å². The van der Waals surface area contributed by atoms with Crippen LogP contribution < -0.4 is 4.74 Å². The molecule has 0 bridgehead atoms. The van der Waals surface area contributed by atoms with Crippen molar-refractivity contribution in [1.29, 1.82) is 0 Å². The Kier molecular flexibility index (Phi) is 3.69. The summed E-state index contributed by atoms with van der Waals surface area (Å²) in [6.07, 6.45) is 1.54. The molecule has 1 N–H and O–H groups in total. The smallest absolute Gasteiger partial charge is 0.219 e. The third-order valence-electron chi connectivity index (χ3n) is 2.47. The Balaban J connectivity index is 2.17. The highest BCUT2D eigenvalue weighted by atomic mass is 16.5. The first-order valence-electron chi connectivity index (χ1n) is 5.53. The molecule has 0 fully saturated rings. The fourth-order valence-corrected chi connectivity index (χ4v) is 1.47. The number of carbonyl (C=O) groups excluding carboxylic acids is 1. The fraction of sp³-hybridized carbons (Fsp3) is 0.143. The van der Waals surface area contributed by atoms with E-state index in [1.165, 1.54) is 13.1 Å². The lowest BCUT2D eigenvalue weighted by molar-refractivity contribution is 0.101. The molecule has 18 heavy (non-hydrogen) atoms. The fourth-order valence-electron chi connectivity index (χ4n) is 1.47. The number of rotatable bonds is 4. The van der Waals surface area contributed by atoms with E-state index in [1.54, 1.807) is 36.4 Å². The van der Waals surface area contributed by atoms with Crippen molar-refractivity contribution in [2.24, 2.45) is 0 Å². The van der Waals surface area contributed by atoms with Crippen LogP contribution >= 0.6 is 0 Å². The number of hydrogen-bond acceptors (Lipinski definition) is 4. The maximum atomic E-state index is 11.2. The van der Waals surface area contributed by atoms with Gasteiger partial charge in [0.25, 0.3) is 0 Å². The van der Waals surface area contributed by atoms with Gasteiger partial charge < -0.3 is 9.84 Å². The Morgan fingerprint density at radius 1 is 1.28 bits per heavy atom. The molecule has 0 amide bonds. The summed E-state index contributed by atoms with van der Waals surface area (Å²) in [7, 11) is 0. The summed E-state index contributed by atoms with van der Waals surface area (Å²) in [5, 5.41) is 8.93. The van der Waals surface area contributed by atoms with E-state index in [0.29, 0.717) is 17.2 Å². The number of ketones is 1. The van der Waals surface area contributed by atoms with Crippen molar-refractivity contribution < 1.29 is 14.6 Å². The number of ether oxygens (including phenoxy) is 1. The number of nitrogens with zero attached hydrogens (tertiary/aromatic N) is 1. The number of aromatic nitrogens is 1. The van der Waals surface area contributed by atoms with Crippen molar-refractivity contribution in [2.45, 2.75) is 13.5 Å². The normalized spacial score (nSPS) is 10.1. The summed E-state index contributed by atoms with van der Waals surface area (Å²) in [5.41, 5.74) is 1.37. The van der Waals surface area contributed by atoms with Gasteiger partial charge in [0.1, 0.15) is 5.75 Å². The minimum atomic E-state index is -0.0297. The number of pyridine rings is 1. The summed E-state index contributed by atoms with van der Waals surface area (Å²) in [6.45, 7) is 1.49. The summed E-state index contributed by atoms with van der Waals surface area (Å²) >= 11 is 0. The molecule has 92 valence electrons. The van der Waals surface area contributed by atoms with Crippen LogP contribution in [0.3, 0.4) is 0 Å². The minimum Gasteiger partial charge on any atom is -0.439 e. The first-order valence-corrected chi connectivity index (χ1v) is 5.53. The van der Waals surface area contributed by atoms with E-state index in [0.717, 1.165) is 5.56 Å². The summed E-state index contributed by atoms with van der Waals surface area (Å²) < 4.78 is 5.52. The van der Waals surface area contributed by atoms with Gasteiger partial charge in [0.05, 0.1) is 6.61 Å². The lowest BCUT2D eigenvalue weighted by Gasteiger charge is -2.06. The highest BCUT2D eigenvalue weighted by Crippen LogP contribution is 2.20. The molecule has 1 aromatic heterocycles. The highest BCUT2D eigenvalue weighted by molar-refractivity contribution is 5.94. The van der Waals surface area contributed by atoms with Crippen LogP contribution in [0.4, 0.5) is 0 Å². The first-order chi connectivity index (χ1) is 8.69. The molecule has 0 saturated heterocycles. The molecule has 4 nitrogen and oxygen atoms in total. The number of Topliss-reactive ketones (excluding diaryl/α,β-unsaturated/α-hetero) is 1. The molecule has 0 unspecified atom stereocenters. The molecule has 0 aliphatic rings. The van der Waals surface area contributed by atoms with Crippen LogP contribution in [0, 0.1) is 0 Å². The summed E-state index contributed by atoms with van der Waals surface area (Å²) in [4.78, 5) is 15.3. The first kappa shape index (κ1) is 12.3. The second-order valence-corrected chi connectivity index (χ2v) is 3.84. The lowest BCUT2D eigenvalue weighted by atomic mass is 10.2. The Hall–Kier alpha value is -2.20. The van der Waals surface area contributed by atoms with E-state index in [-0.39, 0.29) is 12.4 Å².